The second-order valence-corrected chi connectivity index (χ2v) is 7.29. The zero-order chi connectivity index (χ0) is 24.2. The monoisotopic (exact) mass is 464 g/mol. The summed E-state index contributed by atoms with van der Waals surface area (Å²) in [6.07, 6.45) is -2.48. The number of carbonyl (C=O) groups is 2. The molecule has 0 aliphatic carbocycles. The van der Waals surface area contributed by atoms with E-state index in [1.54, 1.807) is 18.4 Å². The molecule has 3 aromatic rings. The van der Waals surface area contributed by atoms with Crippen molar-refractivity contribution >= 4 is 11.9 Å². The predicted octanol–water partition coefficient (Wildman–Crippen LogP) is 3.69. The molecule has 11 heteroatoms. The van der Waals surface area contributed by atoms with Crippen molar-refractivity contribution in [3.05, 3.63) is 71.4 Å². The van der Waals surface area contributed by atoms with Crippen LogP contribution in [0.15, 0.2) is 53.3 Å². The van der Waals surface area contributed by atoms with Crippen molar-refractivity contribution in [1.29, 1.82) is 0 Å². The Kier molecular flexibility index (Phi) is 7.22. The number of likely N-dealkylation sites (N-methyl/N-ethyl adjacent to an activating group) is 1. The van der Waals surface area contributed by atoms with Crippen LogP contribution >= 0.6 is 0 Å². The average molecular weight is 464 g/mol. The van der Waals surface area contributed by atoms with E-state index in [2.05, 4.69) is 10.4 Å². The van der Waals surface area contributed by atoms with Crippen molar-refractivity contribution in [1.82, 2.24) is 20.0 Å². The lowest BCUT2D eigenvalue weighted by molar-refractivity contribution is -0.143. The van der Waals surface area contributed by atoms with Gasteiger partial charge in [0.15, 0.2) is 5.69 Å². The zero-order valence-corrected chi connectivity index (χ0v) is 18.2. The van der Waals surface area contributed by atoms with Gasteiger partial charge in [0, 0.05) is 12.1 Å². The molecule has 0 aliphatic rings. The van der Waals surface area contributed by atoms with Gasteiger partial charge >= 0.3 is 12.1 Å². The first-order chi connectivity index (χ1) is 15.6. The highest BCUT2D eigenvalue weighted by Crippen LogP contribution is 2.34. The highest BCUT2D eigenvalue weighted by molar-refractivity contribution is 5.94. The summed E-state index contributed by atoms with van der Waals surface area (Å²) in [5.74, 6) is -0.825. The molecule has 0 saturated carbocycles. The molecule has 0 fully saturated rings. The second-order valence-electron chi connectivity index (χ2n) is 7.29. The van der Waals surface area contributed by atoms with E-state index in [4.69, 9.17) is 9.15 Å². The number of amides is 1. The minimum absolute atomic E-state index is 0.0381. The Morgan fingerprint density at radius 3 is 2.45 bits per heavy atom. The molecule has 8 nitrogen and oxygen atoms in total. The van der Waals surface area contributed by atoms with Crippen LogP contribution in [0.2, 0.25) is 0 Å². The highest BCUT2D eigenvalue weighted by atomic mass is 19.4. The molecule has 176 valence electrons. The molecular weight excluding hydrogens is 441 g/mol. The maximum Gasteiger partial charge on any atom is 0.434 e. The van der Waals surface area contributed by atoms with E-state index in [9.17, 15) is 22.8 Å². The summed E-state index contributed by atoms with van der Waals surface area (Å²) in [4.78, 5) is 26.4. The van der Waals surface area contributed by atoms with Crippen LogP contribution in [0.4, 0.5) is 13.2 Å². The van der Waals surface area contributed by atoms with Gasteiger partial charge in [-0.1, -0.05) is 0 Å². The van der Waals surface area contributed by atoms with E-state index in [1.807, 2.05) is 19.0 Å². The van der Waals surface area contributed by atoms with Gasteiger partial charge in [0.1, 0.15) is 11.3 Å². The number of furan rings is 1. The number of hydrogen-bond acceptors (Lipinski definition) is 6. The lowest BCUT2D eigenvalue weighted by atomic mass is 10.1. The fraction of sp³-hybridized carbons (Fsp3) is 0.318. The quantitative estimate of drug-likeness (QED) is 0.512. The number of rotatable bonds is 8. The summed E-state index contributed by atoms with van der Waals surface area (Å²) in [6.45, 7) is 1.69. The van der Waals surface area contributed by atoms with Gasteiger partial charge in [-0.05, 0) is 57.4 Å². The number of esters is 1. The molecule has 1 aromatic carbocycles. The van der Waals surface area contributed by atoms with Crippen LogP contribution in [-0.4, -0.2) is 53.8 Å². The Bertz CT molecular complexity index is 1090. The highest BCUT2D eigenvalue weighted by Gasteiger charge is 2.41. The Morgan fingerprint density at radius 2 is 1.91 bits per heavy atom. The molecule has 0 unspecified atom stereocenters. The van der Waals surface area contributed by atoms with Gasteiger partial charge in [0.2, 0.25) is 0 Å². The molecule has 1 N–H and O–H groups in total. The Morgan fingerprint density at radius 1 is 1.21 bits per heavy atom. The van der Waals surface area contributed by atoms with Gasteiger partial charge in [-0.15, -0.1) is 0 Å². The fourth-order valence-corrected chi connectivity index (χ4v) is 3.24. The number of carbonyl (C=O) groups excluding carboxylic acids is 2. The summed E-state index contributed by atoms with van der Waals surface area (Å²) < 4.78 is 51.7. The number of benzene rings is 1. The van der Waals surface area contributed by atoms with Crippen LogP contribution < -0.4 is 5.32 Å². The molecule has 0 spiro atoms. The van der Waals surface area contributed by atoms with Crippen molar-refractivity contribution in [2.75, 3.05) is 27.2 Å². The molecule has 2 aromatic heterocycles. The average Bonchev–Trinajstić information content (AvgIpc) is 3.44. The number of alkyl halides is 3. The molecule has 0 radical (unpaired) electrons. The molecule has 33 heavy (non-hydrogen) atoms. The van der Waals surface area contributed by atoms with Gasteiger partial charge in [-0.2, -0.15) is 18.3 Å². The summed E-state index contributed by atoms with van der Waals surface area (Å²) in [7, 11) is 3.70. The summed E-state index contributed by atoms with van der Waals surface area (Å²) >= 11 is 0. The number of nitrogens with zero attached hydrogens (tertiary/aromatic N) is 3. The van der Waals surface area contributed by atoms with Crippen LogP contribution in [0.1, 0.15) is 45.1 Å². The van der Waals surface area contributed by atoms with E-state index in [1.165, 1.54) is 31.2 Å². The van der Waals surface area contributed by atoms with E-state index >= 15 is 0 Å². The number of aromatic nitrogens is 2. The SMILES string of the molecule is CCOC(=O)c1cnn(-c2ccc(C(=O)NC[C@H](c3ccco3)N(C)C)cc2)c1C(F)(F)F. The number of nitrogens with one attached hydrogen (secondary N) is 1. The van der Waals surface area contributed by atoms with Crippen molar-refractivity contribution in [3.63, 3.8) is 0 Å². The molecular formula is C22H23F3N4O4. The van der Waals surface area contributed by atoms with Gasteiger partial charge in [-0.3, -0.25) is 9.69 Å². The van der Waals surface area contributed by atoms with E-state index in [0.717, 1.165) is 6.20 Å². The van der Waals surface area contributed by atoms with Crippen molar-refractivity contribution in [3.8, 4) is 5.69 Å². The Balaban J connectivity index is 1.79. The molecule has 1 amide bonds. The van der Waals surface area contributed by atoms with Crippen molar-refractivity contribution in [2.45, 2.75) is 19.1 Å². The smallest absolute Gasteiger partial charge is 0.434 e. The van der Waals surface area contributed by atoms with E-state index in [-0.39, 0.29) is 30.4 Å². The van der Waals surface area contributed by atoms with Gasteiger partial charge < -0.3 is 14.5 Å². The Labute approximate surface area is 187 Å². The molecule has 2 heterocycles. The minimum Gasteiger partial charge on any atom is -0.468 e. The minimum atomic E-state index is -4.85. The molecule has 0 saturated heterocycles. The maximum absolute atomic E-state index is 13.6. The van der Waals surface area contributed by atoms with Crippen molar-refractivity contribution < 1.29 is 31.9 Å². The second kappa shape index (κ2) is 9.90. The zero-order valence-electron chi connectivity index (χ0n) is 18.2. The lowest BCUT2D eigenvalue weighted by Gasteiger charge is -2.22. The normalized spacial score (nSPS) is 12.6. The largest absolute Gasteiger partial charge is 0.468 e. The standard InChI is InChI=1S/C22H23F3N4O4/c1-4-32-21(31)16-12-27-29(19(16)22(23,24)25)15-9-7-14(8-10-15)20(30)26-13-17(28(2)3)18-6-5-11-33-18/h5-12,17H,4,13H2,1-3H3,(H,26,30)/t17-/m1/s1. The first kappa shape index (κ1) is 24.1. The molecule has 3 rings (SSSR count). The van der Waals surface area contributed by atoms with Gasteiger partial charge in [-0.25, -0.2) is 9.48 Å². The summed E-state index contributed by atoms with van der Waals surface area (Å²) in [5, 5.41) is 6.51. The first-order valence-corrected chi connectivity index (χ1v) is 10.0. The third kappa shape index (κ3) is 5.43. The first-order valence-electron chi connectivity index (χ1n) is 10.0. The maximum atomic E-state index is 13.6. The van der Waals surface area contributed by atoms with Gasteiger partial charge in [0.25, 0.3) is 5.91 Å². The van der Waals surface area contributed by atoms with E-state index < -0.39 is 29.3 Å². The Hall–Kier alpha value is -3.60. The number of hydrogen-bond donors (Lipinski definition) is 1. The third-order valence-corrected chi connectivity index (χ3v) is 4.86. The summed E-state index contributed by atoms with van der Waals surface area (Å²) in [5.41, 5.74) is -1.64. The summed E-state index contributed by atoms with van der Waals surface area (Å²) in [6, 6.07) is 8.78. The molecule has 0 bridgehead atoms. The third-order valence-electron chi connectivity index (χ3n) is 4.86. The predicted molar refractivity (Wildman–Crippen MR) is 112 cm³/mol. The molecule has 0 aliphatic heterocycles. The number of halogens is 3. The molecule has 1 atom stereocenters. The lowest BCUT2D eigenvalue weighted by Crippen LogP contribution is -2.34. The van der Waals surface area contributed by atoms with Crippen LogP contribution in [0.5, 0.6) is 0 Å². The van der Waals surface area contributed by atoms with Crippen LogP contribution in [0, 0.1) is 0 Å². The number of ether oxygens (including phenoxy) is 1. The van der Waals surface area contributed by atoms with Crippen LogP contribution in [0.25, 0.3) is 5.69 Å². The van der Waals surface area contributed by atoms with Gasteiger partial charge in [0.05, 0.1) is 30.8 Å². The fourth-order valence-electron chi connectivity index (χ4n) is 3.24. The topological polar surface area (TPSA) is 89.6 Å². The van der Waals surface area contributed by atoms with Crippen LogP contribution in [0.3, 0.4) is 0 Å². The van der Waals surface area contributed by atoms with Crippen LogP contribution in [-0.2, 0) is 10.9 Å². The van der Waals surface area contributed by atoms with E-state index in [0.29, 0.717) is 10.4 Å². The van der Waals surface area contributed by atoms with Crippen molar-refractivity contribution in [2.24, 2.45) is 0 Å².